The van der Waals surface area contributed by atoms with Gasteiger partial charge >= 0.3 is 0 Å². The van der Waals surface area contributed by atoms with Crippen LogP contribution < -0.4 is 9.47 Å². The lowest BCUT2D eigenvalue weighted by Crippen LogP contribution is -2.02. The highest BCUT2D eigenvalue weighted by Gasteiger charge is 2.12. The Balaban J connectivity index is 1.51. The highest BCUT2D eigenvalue weighted by molar-refractivity contribution is 7.99. The number of rotatable bonds is 7. The monoisotopic (exact) mass is 331 g/mol. The van der Waals surface area contributed by atoms with Crippen LogP contribution in [0.25, 0.3) is 11.6 Å². The lowest BCUT2D eigenvalue weighted by Gasteiger charge is -2.06. The van der Waals surface area contributed by atoms with Crippen LogP contribution in [0.1, 0.15) is 0 Å². The summed E-state index contributed by atoms with van der Waals surface area (Å²) < 4.78 is 18.1. The zero-order valence-electron chi connectivity index (χ0n) is 12.9. The number of ether oxygens (including phenoxy) is 2. The Hall–Kier alpha value is -2.41. The smallest absolute Gasteiger partial charge is 0.200 e. The topological polar surface area (TPSA) is 62.3 Å². The molecule has 0 atom stereocenters. The molecule has 0 aliphatic heterocycles. The maximum absolute atomic E-state index is 5.69. The van der Waals surface area contributed by atoms with Gasteiger partial charge in [-0.25, -0.2) is 0 Å². The van der Waals surface area contributed by atoms with Crippen molar-refractivity contribution in [1.82, 2.24) is 14.8 Å². The first-order valence-electron chi connectivity index (χ1n) is 7.11. The van der Waals surface area contributed by atoms with Gasteiger partial charge in [-0.05, 0) is 36.4 Å². The molecule has 0 aliphatic rings. The molecule has 0 bridgehead atoms. The van der Waals surface area contributed by atoms with Gasteiger partial charge in [-0.3, -0.25) is 0 Å². The molecule has 23 heavy (non-hydrogen) atoms. The second kappa shape index (κ2) is 7.23. The van der Waals surface area contributed by atoms with Crippen molar-refractivity contribution in [3.63, 3.8) is 0 Å². The van der Waals surface area contributed by atoms with E-state index >= 15 is 0 Å². The van der Waals surface area contributed by atoms with Crippen LogP contribution in [0.3, 0.4) is 0 Å². The van der Waals surface area contributed by atoms with E-state index in [-0.39, 0.29) is 0 Å². The summed E-state index contributed by atoms with van der Waals surface area (Å²) in [7, 11) is 3.56. The Morgan fingerprint density at radius 3 is 2.61 bits per heavy atom. The molecule has 1 aromatic carbocycles. The molecule has 0 fully saturated rings. The van der Waals surface area contributed by atoms with Crippen molar-refractivity contribution in [3.8, 4) is 23.1 Å². The van der Waals surface area contributed by atoms with Gasteiger partial charge in [-0.1, -0.05) is 11.8 Å². The van der Waals surface area contributed by atoms with Crippen LogP contribution in [-0.4, -0.2) is 34.2 Å². The third kappa shape index (κ3) is 3.68. The molecule has 6 nitrogen and oxygen atoms in total. The number of nitrogens with zero attached hydrogens (tertiary/aromatic N) is 3. The molecule has 120 valence electrons. The van der Waals surface area contributed by atoms with Crippen molar-refractivity contribution in [2.24, 2.45) is 7.05 Å². The number of thioether (sulfide) groups is 1. The van der Waals surface area contributed by atoms with Crippen molar-refractivity contribution in [2.45, 2.75) is 5.16 Å². The molecular formula is C16H17N3O3S. The molecule has 0 spiro atoms. The minimum Gasteiger partial charge on any atom is -0.497 e. The van der Waals surface area contributed by atoms with Gasteiger partial charge in [0.15, 0.2) is 16.7 Å². The molecule has 3 rings (SSSR count). The van der Waals surface area contributed by atoms with Gasteiger partial charge in [-0.15, -0.1) is 10.2 Å². The molecule has 7 heteroatoms. The Kier molecular flexibility index (Phi) is 4.87. The summed E-state index contributed by atoms with van der Waals surface area (Å²) in [6.45, 7) is 0.583. The van der Waals surface area contributed by atoms with E-state index in [1.165, 1.54) is 0 Å². The summed E-state index contributed by atoms with van der Waals surface area (Å²) in [5, 5.41) is 9.17. The Morgan fingerprint density at radius 2 is 1.91 bits per heavy atom. The SMILES string of the molecule is COc1ccc(OCCSc2nnc(-c3ccco3)n2C)cc1. The Bertz CT molecular complexity index is 739. The molecule has 0 aliphatic carbocycles. The quantitative estimate of drug-likeness (QED) is 0.489. The van der Waals surface area contributed by atoms with E-state index < -0.39 is 0 Å². The minimum atomic E-state index is 0.583. The highest BCUT2D eigenvalue weighted by Crippen LogP contribution is 2.23. The van der Waals surface area contributed by atoms with E-state index in [4.69, 9.17) is 13.9 Å². The number of hydrogen-bond donors (Lipinski definition) is 0. The zero-order valence-corrected chi connectivity index (χ0v) is 13.7. The van der Waals surface area contributed by atoms with Crippen molar-refractivity contribution >= 4 is 11.8 Å². The van der Waals surface area contributed by atoms with Crippen LogP contribution in [0.2, 0.25) is 0 Å². The van der Waals surface area contributed by atoms with E-state index in [0.29, 0.717) is 18.2 Å². The molecular weight excluding hydrogens is 314 g/mol. The maximum atomic E-state index is 5.69. The summed E-state index contributed by atoms with van der Waals surface area (Å²) in [6.07, 6.45) is 1.62. The molecule has 0 saturated heterocycles. The van der Waals surface area contributed by atoms with E-state index in [9.17, 15) is 0 Å². The summed E-state index contributed by atoms with van der Waals surface area (Å²) >= 11 is 1.59. The lowest BCUT2D eigenvalue weighted by atomic mass is 10.3. The standard InChI is InChI=1S/C16H17N3O3S/c1-19-15(14-4-3-9-22-14)17-18-16(19)23-11-10-21-13-7-5-12(20-2)6-8-13/h3-9H,10-11H2,1-2H3. The van der Waals surface area contributed by atoms with E-state index in [1.54, 1.807) is 25.1 Å². The van der Waals surface area contributed by atoms with Crippen LogP contribution in [0, 0.1) is 0 Å². The molecule has 0 unspecified atom stereocenters. The van der Waals surface area contributed by atoms with Crippen LogP contribution in [0.5, 0.6) is 11.5 Å². The summed E-state index contributed by atoms with van der Waals surface area (Å²) in [5.41, 5.74) is 0. The molecule has 0 saturated carbocycles. The first-order valence-corrected chi connectivity index (χ1v) is 8.09. The fraction of sp³-hybridized carbons (Fsp3) is 0.250. The molecule has 0 radical (unpaired) electrons. The molecule has 0 N–H and O–H groups in total. The predicted molar refractivity (Wildman–Crippen MR) is 87.9 cm³/mol. The van der Waals surface area contributed by atoms with E-state index in [0.717, 1.165) is 22.4 Å². The lowest BCUT2D eigenvalue weighted by molar-refractivity contribution is 0.342. The number of aromatic nitrogens is 3. The van der Waals surface area contributed by atoms with Gasteiger partial charge in [0.1, 0.15) is 11.5 Å². The van der Waals surface area contributed by atoms with Gasteiger partial charge in [0.05, 0.1) is 20.0 Å². The van der Waals surface area contributed by atoms with Crippen LogP contribution in [-0.2, 0) is 7.05 Å². The Morgan fingerprint density at radius 1 is 1.13 bits per heavy atom. The first-order chi connectivity index (χ1) is 11.3. The van der Waals surface area contributed by atoms with Crippen molar-refractivity contribution in [3.05, 3.63) is 42.7 Å². The van der Waals surface area contributed by atoms with Crippen molar-refractivity contribution in [2.75, 3.05) is 19.5 Å². The number of furan rings is 1. The van der Waals surface area contributed by atoms with Gasteiger partial charge in [0.25, 0.3) is 0 Å². The summed E-state index contributed by atoms with van der Waals surface area (Å²) in [5.74, 6) is 3.84. The second-order valence-electron chi connectivity index (χ2n) is 4.71. The molecule has 2 heterocycles. The predicted octanol–water partition coefficient (Wildman–Crippen LogP) is 3.25. The molecule has 3 aromatic rings. The van der Waals surface area contributed by atoms with Crippen LogP contribution in [0.15, 0.2) is 52.2 Å². The largest absolute Gasteiger partial charge is 0.497 e. The number of methoxy groups -OCH3 is 1. The van der Waals surface area contributed by atoms with Crippen LogP contribution >= 0.6 is 11.8 Å². The normalized spacial score (nSPS) is 10.7. The fourth-order valence-corrected chi connectivity index (χ4v) is 2.75. The van der Waals surface area contributed by atoms with Crippen molar-refractivity contribution in [1.29, 1.82) is 0 Å². The third-order valence-electron chi connectivity index (χ3n) is 3.22. The van der Waals surface area contributed by atoms with E-state index in [2.05, 4.69) is 10.2 Å². The van der Waals surface area contributed by atoms with Gasteiger partial charge < -0.3 is 18.5 Å². The average molecular weight is 331 g/mol. The number of hydrogen-bond acceptors (Lipinski definition) is 6. The van der Waals surface area contributed by atoms with Gasteiger partial charge in [0, 0.05) is 12.8 Å². The third-order valence-corrected chi connectivity index (χ3v) is 4.20. The van der Waals surface area contributed by atoms with Crippen LogP contribution in [0.4, 0.5) is 0 Å². The summed E-state index contributed by atoms with van der Waals surface area (Å²) in [6, 6.07) is 11.2. The minimum absolute atomic E-state index is 0.583. The second-order valence-corrected chi connectivity index (χ2v) is 5.78. The Labute approximate surface area is 138 Å². The summed E-state index contributed by atoms with van der Waals surface area (Å²) in [4.78, 5) is 0. The zero-order chi connectivity index (χ0) is 16.1. The van der Waals surface area contributed by atoms with Crippen molar-refractivity contribution < 1.29 is 13.9 Å². The van der Waals surface area contributed by atoms with Gasteiger partial charge in [-0.2, -0.15) is 0 Å². The first kappa shape index (κ1) is 15.5. The number of benzene rings is 1. The van der Waals surface area contributed by atoms with E-state index in [1.807, 2.05) is 48.0 Å². The highest BCUT2D eigenvalue weighted by atomic mass is 32.2. The molecule has 2 aromatic heterocycles. The maximum Gasteiger partial charge on any atom is 0.200 e. The molecule has 0 amide bonds. The fourth-order valence-electron chi connectivity index (χ4n) is 2.03. The van der Waals surface area contributed by atoms with Gasteiger partial charge in [0.2, 0.25) is 0 Å². The average Bonchev–Trinajstić information content (AvgIpc) is 3.22.